The molecule has 2 aromatic rings. The van der Waals surface area contributed by atoms with Gasteiger partial charge in [-0.15, -0.1) is 0 Å². The minimum absolute atomic E-state index is 0.229. The standard InChI is InChI=1S/C19H24Cl2NO3P/c1-4-5-13-25-26(24,15-11-9-14(10-12-15)22(2)3)19(23)18-16(20)7-6-8-17(18)21/h6-12,19,23H,4-5,13H2,1-3H3/t19-,26+/m1/s1. The van der Waals surface area contributed by atoms with Crippen molar-refractivity contribution in [3.63, 3.8) is 0 Å². The van der Waals surface area contributed by atoms with Gasteiger partial charge in [0.25, 0.3) is 7.37 Å². The quantitative estimate of drug-likeness (QED) is 0.458. The minimum atomic E-state index is -3.65. The molecule has 2 rings (SSSR count). The van der Waals surface area contributed by atoms with E-state index in [0.29, 0.717) is 5.30 Å². The number of hydrogen-bond acceptors (Lipinski definition) is 4. The third-order valence-corrected chi connectivity index (χ3v) is 7.23. The Balaban J connectivity index is 2.48. The molecular formula is C19H24Cl2NO3P. The number of aliphatic hydroxyl groups is 1. The van der Waals surface area contributed by atoms with Crippen molar-refractivity contribution >= 4 is 41.6 Å². The fourth-order valence-corrected chi connectivity index (χ4v) is 5.43. The summed E-state index contributed by atoms with van der Waals surface area (Å²) >= 11 is 12.4. The highest BCUT2D eigenvalue weighted by Gasteiger charge is 2.38. The average molecular weight is 416 g/mol. The van der Waals surface area contributed by atoms with Gasteiger partial charge in [-0.2, -0.15) is 0 Å². The van der Waals surface area contributed by atoms with Gasteiger partial charge < -0.3 is 14.5 Å². The number of nitrogens with zero attached hydrogens (tertiary/aromatic N) is 1. The second kappa shape index (κ2) is 9.25. The molecular weight excluding hydrogens is 392 g/mol. The van der Waals surface area contributed by atoms with Crippen LogP contribution in [0.25, 0.3) is 0 Å². The van der Waals surface area contributed by atoms with Crippen LogP contribution in [0.15, 0.2) is 42.5 Å². The lowest BCUT2D eigenvalue weighted by molar-refractivity contribution is 0.213. The molecule has 0 amide bonds. The minimum Gasteiger partial charge on any atom is -0.378 e. The lowest BCUT2D eigenvalue weighted by Gasteiger charge is -2.26. The summed E-state index contributed by atoms with van der Waals surface area (Å²) in [5.74, 6) is -1.44. The molecule has 0 bridgehead atoms. The zero-order valence-electron chi connectivity index (χ0n) is 15.2. The number of rotatable bonds is 8. The Hall–Kier alpha value is -1.03. The molecule has 0 spiro atoms. The number of hydrogen-bond donors (Lipinski definition) is 1. The van der Waals surface area contributed by atoms with Gasteiger partial charge in [0, 0.05) is 40.7 Å². The first-order valence-corrected chi connectivity index (χ1v) is 10.9. The summed E-state index contributed by atoms with van der Waals surface area (Å²) in [5, 5.41) is 11.9. The normalized spacial score (nSPS) is 14.7. The van der Waals surface area contributed by atoms with E-state index in [4.69, 9.17) is 27.7 Å². The first-order valence-electron chi connectivity index (χ1n) is 8.45. The van der Waals surface area contributed by atoms with Crippen LogP contribution in [0.4, 0.5) is 5.69 Å². The van der Waals surface area contributed by atoms with Crippen molar-refractivity contribution in [3.8, 4) is 0 Å². The van der Waals surface area contributed by atoms with Crippen molar-refractivity contribution in [2.75, 3.05) is 25.6 Å². The summed E-state index contributed by atoms with van der Waals surface area (Å²) in [6, 6.07) is 12.0. The Bertz CT molecular complexity index is 761. The van der Waals surface area contributed by atoms with Crippen LogP contribution in [-0.4, -0.2) is 25.8 Å². The maximum Gasteiger partial charge on any atom is 0.264 e. The van der Waals surface area contributed by atoms with Crippen molar-refractivity contribution < 1.29 is 14.2 Å². The zero-order chi connectivity index (χ0) is 19.3. The van der Waals surface area contributed by atoms with Crippen LogP contribution in [0.5, 0.6) is 0 Å². The number of anilines is 1. The number of aliphatic hydroxyl groups excluding tert-OH is 1. The Kier molecular flexibility index (Phi) is 7.57. The molecule has 0 unspecified atom stereocenters. The van der Waals surface area contributed by atoms with E-state index in [9.17, 15) is 9.67 Å². The van der Waals surface area contributed by atoms with Crippen LogP contribution in [0.2, 0.25) is 10.0 Å². The van der Waals surface area contributed by atoms with E-state index in [2.05, 4.69) is 0 Å². The van der Waals surface area contributed by atoms with Gasteiger partial charge in [0.05, 0.1) is 6.61 Å². The summed E-state index contributed by atoms with van der Waals surface area (Å²) < 4.78 is 19.5. The molecule has 2 atom stereocenters. The molecule has 2 aromatic carbocycles. The molecule has 0 radical (unpaired) electrons. The van der Waals surface area contributed by atoms with Gasteiger partial charge in [-0.3, -0.25) is 4.57 Å². The smallest absolute Gasteiger partial charge is 0.264 e. The highest BCUT2D eigenvalue weighted by Crippen LogP contribution is 2.59. The van der Waals surface area contributed by atoms with Crippen LogP contribution in [0.3, 0.4) is 0 Å². The lowest BCUT2D eigenvalue weighted by Crippen LogP contribution is -2.17. The number of unbranched alkanes of at least 4 members (excludes halogenated alkanes) is 1. The van der Waals surface area contributed by atoms with Crippen LogP contribution < -0.4 is 10.2 Å². The third kappa shape index (κ3) is 4.62. The molecule has 0 saturated carbocycles. The molecule has 0 heterocycles. The van der Waals surface area contributed by atoms with E-state index < -0.39 is 13.2 Å². The largest absolute Gasteiger partial charge is 0.378 e. The fourth-order valence-electron chi connectivity index (χ4n) is 2.52. The molecule has 0 aromatic heterocycles. The maximum atomic E-state index is 13.8. The average Bonchev–Trinajstić information content (AvgIpc) is 2.61. The van der Waals surface area contributed by atoms with E-state index in [1.165, 1.54) is 0 Å². The van der Waals surface area contributed by atoms with Gasteiger partial charge in [-0.05, 0) is 42.8 Å². The van der Waals surface area contributed by atoms with Gasteiger partial charge >= 0.3 is 0 Å². The summed E-state index contributed by atoms with van der Waals surface area (Å²) in [6.45, 7) is 2.30. The van der Waals surface area contributed by atoms with Crippen LogP contribution in [0.1, 0.15) is 31.2 Å². The molecule has 0 aliphatic heterocycles. The zero-order valence-corrected chi connectivity index (χ0v) is 17.6. The Labute approximate surface area is 165 Å². The van der Waals surface area contributed by atoms with Gasteiger partial charge in [0.15, 0.2) is 5.85 Å². The third-order valence-electron chi connectivity index (χ3n) is 4.09. The fraction of sp³-hybridized carbons (Fsp3) is 0.368. The second-order valence-corrected chi connectivity index (χ2v) is 9.48. The molecule has 0 aliphatic rings. The van der Waals surface area contributed by atoms with Crippen LogP contribution >= 0.6 is 30.6 Å². The van der Waals surface area contributed by atoms with Crippen molar-refractivity contribution in [3.05, 3.63) is 58.1 Å². The van der Waals surface area contributed by atoms with E-state index in [1.807, 2.05) is 38.1 Å². The molecule has 7 heteroatoms. The van der Waals surface area contributed by atoms with Crippen LogP contribution in [0, 0.1) is 0 Å². The molecule has 4 nitrogen and oxygen atoms in total. The molecule has 142 valence electrons. The van der Waals surface area contributed by atoms with Crippen molar-refractivity contribution in [2.45, 2.75) is 25.6 Å². The highest BCUT2D eigenvalue weighted by molar-refractivity contribution is 7.67. The Morgan fingerprint density at radius 2 is 1.69 bits per heavy atom. The molecule has 26 heavy (non-hydrogen) atoms. The van der Waals surface area contributed by atoms with E-state index >= 15 is 0 Å². The van der Waals surface area contributed by atoms with Gasteiger partial charge in [0.2, 0.25) is 0 Å². The SMILES string of the molecule is CCCCO[P@@](=O)(c1ccc(N(C)C)cc1)[C@@H](O)c1c(Cl)cccc1Cl. The molecule has 0 aliphatic carbocycles. The molecule has 0 fully saturated rings. The summed E-state index contributed by atoms with van der Waals surface area (Å²) in [4.78, 5) is 1.94. The second-order valence-electron chi connectivity index (χ2n) is 6.20. The predicted octanol–water partition coefficient (Wildman–Crippen LogP) is 5.47. The maximum absolute atomic E-state index is 13.8. The van der Waals surface area contributed by atoms with Crippen LogP contribution in [-0.2, 0) is 9.09 Å². The first-order chi connectivity index (χ1) is 12.3. The Morgan fingerprint density at radius 3 is 2.19 bits per heavy atom. The van der Waals surface area contributed by atoms with Gasteiger partial charge in [-0.1, -0.05) is 42.6 Å². The monoisotopic (exact) mass is 415 g/mol. The topological polar surface area (TPSA) is 49.8 Å². The van der Waals surface area contributed by atoms with E-state index in [1.54, 1.807) is 30.3 Å². The van der Waals surface area contributed by atoms with Crippen molar-refractivity contribution in [1.29, 1.82) is 0 Å². The highest BCUT2D eigenvalue weighted by atomic mass is 35.5. The molecule has 0 saturated heterocycles. The van der Waals surface area contributed by atoms with E-state index in [-0.39, 0.29) is 22.2 Å². The van der Waals surface area contributed by atoms with Crippen molar-refractivity contribution in [2.24, 2.45) is 0 Å². The summed E-state index contributed by atoms with van der Waals surface area (Å²) in [5.41, 5.74) is 1.19. The summed E-state index contributed by atoms with van der Waals surface area (Å²) in [7, 11) is 0.192. The van der Waals surface area contributed by atoms with E-state index in [0.717, 1.165) is 18.5 Å². The predicted molar refractivity (Wildman–Crippen MR) is 110 cm³/mol. The number of benzene rings is 2. The summed E-state index contributed by atoms with van der Waals surface area (Å²) in [6.07, 6.45) is 1.63. The Morgan fingerprint density at radius 1 is 1.12 bits per heavy atom. The number of halogens is 2. The van der Waals surface area contributed by atoms with Gasteiger partial charge in [0.1, 0.15) is 0 Å². The first kappa shape index (κ1) is 21.3. The molecule has 1 N–H and O–H groups in total. The van der Waals surface area contributed by atoms with Gasteiger partial charge in [-0.25, -0.2) is 0 Å². The lowest BCUT2D eigenvalue weighted by atomic mass is 10.2. The van der Waals surface area contributed by atoms with Crippen molar-refractivity contribution in [1.82, 2.24) is 0 Å².